The van der Waals surface area contributed by atoms with Gasteiger partial charge in [-0.3, -0.25) is 0 Å². The topological polar surface area (TPSA) is 54.5 Å². The highest BCUT2D eigenvalue weighted by atomic mass is 32.1. The summed E-state index contributed by atoms with van der Waals surface area (Å²) < 4.78 is 6.79. The first-order valence-corrected chi connectivity index (χ1v) is 9.64. The number of urea groups is 1. The maximum Gasteiger partial charge on any atom is 0.318 e. The number of likely N-dealkylation sites (tertiary alicyclic amines) is 1. The fraction of sp³-hybridized carbons (Fsp3) is 0.556. The number of amides is 2. The molecule has 128 valence electrons. The molecule has 2 aliphatic rings. The van der Waals surface area contributed by atoms with E-state index in [1.807, 2.05) is 23.1 Å². The number of hydrogen-bond acceptors (Lipinski definition) is 4. The zero-order valence-electron chi connectivity index (χ0n) is 13.7. The van der Waals surface area contributed by atoms with Crippen molar-refractivity contribution in [2.75, 3.05) is 19.7 Å². The average Bonchev–Trinajstić information content (AvgIpc) is 3.29. The van der Waals surface area contributed by atoms with Crippen molar-refractivity contribution in [2.45, 2.75) is 44.2 Å². The zero-order chi connectivity index (χ0) is 16.4. The van der Waals surface area contributed by atoms with Crippen molar-refractivity contribution in [3.05, 3.63) is 29.3 Å². The summed E-state index contributed by atoms with van der Waals surface area (Å²) in [6.45, 7) is 2.23. The Morgan fingerprint density at radius 2 is 2.21 bits per heavy atom. The van der Waals surface area contributed by atoms with Crippen LogP contribution in [-0.4, -0.2) is 41.7 Å². The number of para-hydroxylation sites is 1. The molecular weight excluding hydrogens is 322 g/mol. The van der Waals surface area contributed by atoms with Crippen LogP contribution < -0.4 is 5.32 Å². The highest BCUT2D eigenvalue weighted by molar-refractivity contribution is 7.18. The number of nitrogens with one attached hydrogen (secondary N) is 1. The minimum absolute atomic E-state index is 0.0226. The van der Waals surface area contributed by atoms with Crippen LogP contribution in [0.3, 0.4) is 0 Å². The van der Waals surface area contributed by atoms with E-state index in [2.05, 4.69) is 11.4 Å². The van der Waals surface area contributed by atoms with Crippen molar-refractivity contribution in [2.24, 2.45) is 0 Å². The van der Waals surface area contributed by atoms with Gasteiger partial charge in [-0.15, -0.1) is 11.3 Å². The molecule has 0 saturated carbocycles. The summed E-state index contributed by atoms with van der Waals surface area (Å²) in [5.41, 5.74) is 1.03. The summed E-state index contributed by atoms with van der Waals surface area (Å²) in [5, 5.41) is 4.13. The van der Waals surface area contributed by atoms with Crippen LogP contribution in [0.25, 0.3) is 10.2 Å². The quantitative estimate of drug-likeness (QED) is 0.922. The largest absolute Gasteiger partial charge is 0.376 e. The Hall–Kier alpha value is -1.66. The average molecular weight is 345 g/mol. The molecule has 1 N–H and O–H groups in total. The highest BCUT2D eigenvalue weighted by Crippen LogP contribution is 2.35. The van der Waals surface area contributed by atoms with Gasteiger partial charge in [0.2, 0.25) is 0 Å². The van der Waals surface area contributed by atoms with Gasteiger partial charge in [0.05, 0.1) is 22.4 Å². The summed E-state index contributed by atoms with van der Waals surface area (Å²) in [6.07, 6.45) is 5.53. The molecule has 4 rings (SSSR count). The first kappa shape index (κ1) is 15.8. The molecule has 0 bridgehead atoms. The van der Waals surface area contributed by atoms with Crippen molar-refractivity contribution >= 4 is 27.6 Å². The van der Waals surface area contributed by atoms with Crippen LogP contribution in [0.4, 0.5) is 4.79 Å². The van der Waals surface area contributed by atoms with Gasteiger partial charge < -0.3 is 15.0 Å². The van der Waals surface area contributed by atoms with Gasteiger partial charge in [-0.05, 0) is 44.2 Å². The Labute approximate surface area is 146 Å². The Kier molecular flexibility index (Phi) is 4.67. The second-order valence-electron chi connectivity index (χ2n) is 6.55. The van der Waals surface area contributed by atoms with Gasteiger partial charge in [0.15, 0.2) is 0 Å². The van der Waals surface area contributed by atoms with Gasteiger partial charge >= 0.3 is 6.03 Å². The predicted octanol–water partition coefficient (Wildman–Crippen LogP) is 3.71. The molecular formula is C18H23N3O2S. The Morgan fingerprint density at radius 1 is 1.29 bits per heavy atom. The van der Waals surface area contributed by atoms with Crippen molar-refractivity contribution in [3.8, 4) is 0 Å². The van der Waals surface area contributed by atoms with Crippen molar-refractivity contribution in [1.29, 1.82) is 0 Å². The van der Waals surface area contributed by atoms with E-state index in [0.29, 0.717) is 6.54 Å². The summed E-state index contributed by atoms with van der Waals surface area (Å²) in [4.78, 5) is 19.4. The van der Waals surface area contributed by atoms with E-state index in [9.17, 15) is 4.79 Å². The smallest absolute Gasteiger partial charge is 0.318 e. The lowest BCUT2D eigenvalue weighted by Crippen LogP contribution is -2.46. The molecule has 2 amide bonds. The van der Waals surface area contributed by atoms with Crippen LogP contribution in [0, 0.1) is 0 Å². The molecule has 24 heavy (non-hydrogen) atoms. The van der Waals surface area contributed by atoms with E-state index in [1.54, 1.807) is 11.3 Å². The molecule has 0 aliphatic carbocycles. The normalized spacial score (nSPS) is 24.4. The number of carbonyl (C=O) groups excluding carboxylic acids is 1. The number of benzene rings is 1. The van der Waals surface area contributed by atoms with Crippen LogP contribution in [0.5, 0.6) is 0 Å². The number of carbonyl (C=O) groups is 1. The van der Waals surface area contributed by atoms with Gasteiger partial charge in [-0.1, -0.05) is 12.1 Å². The second kappa shape index (κ2) is 7.07. The minimum atomic E-state index is 0.0226. The fourth-order valence-electron chi connectivity index (χ4n) is 3.57. The van der Waals surface area contributed by atoms with Crippen molar-refractivity contribution < 1.29 is 9.53 Å². The number of ether oxygens (including phenoxy) is 1. The van der Waals surface area contributed by atoms with Crippen LogP contribution in [-0.2, 0) is 4.74 Å². The third kappa shape index (κ3) is 3.26. The van der Waals surface area contributed by atoms with Crippen molar-refractivity contribution in [3.63, 3.8) is 0 Å². The maximum absolute atomic E-state index is 12.7. The third-order valence-corrected chi connectivity index (χ3v) is 6.00. The monoisotopic (exact) mass is 345 g/mol. The molecule has 5 nitrogen and oxygen atoms in total. The van der Waals surface area contributed by atoms with Crippen LogP contribution >= 0.6 is 11.3 Å². The molecule has 2 atom stereocenters. The number of fused-ring (bicyclic) bond motifs is 1. The van der Waals surface area contributed by atoms with Gasteiger partial charge in [0, 0.05) is 19.7 Å². The van der Waals surface area contributed by atoms with E-state index in [4.69, 9.17) is 9.72 Å². The first-order chi connectivity index (χ1) is 11.8. The summed E-state index contributed by atoms with van der Waals surface area (Å²) in [6, 6.07) is 8.31. The van der Waals surface area contributed by atoms with Crippen LogP contribution in [0.2, 0.25) is 0 Å². The summed E-state index contributed by atoms with van der Waals surface area (Å²) in [7, 11) is 0. The minimum Gasteiger partial charge on any atom is -0.376 e. The molecule has 2 aliphatic heterocycles. The molecule has 0 radical (unpaired) electrons. The van der Waals surface area contributed by atoms with Gasteiger partial charge in [-0.2, -0.15) is 0 Å². The lowest BCUT2D eigenvalue weighted by molar-refractivity contribution is 0.104. The molecule has 6 heteroatoms. The van der Waals surface area contributed by atoms with E-state index in [-0.39, 0.29) is 18.2 Å². The van der Waals surface area contributed by atoms with Crippen LogP contribution in [0.15, 0.2) is 24.3 Å². The van der Waals surface area contributed by atoms with Gasteiger partial charge in [0.1, 0.15) is 5.01 Å². The number of piperidine rings is 1. The van der Waals surface area contributed by atoms with Gasteiger partial charge in [0.25, 0.3) is 0 Å². The SMILES string of the molecule is O=C(NC[C@H]1CCCO1)N1CCCC[C@@H]1c1nc2ccccc2s1. The molecule has 2 aromatic rings. The predicted molar refractivity (Wildman–Crippen MR) is 95.3 cm³/mol. The molecule has 0 spiro atoms. The van der Waals surface area contributed by atoms with Crippen LogP contribution in [0.1, 0.15) is 43.2 Å². The molecule has 1 aromatic carbocycles. The fourth-order valence-corrected chi connectivity index (χ4v) is 4.69. The van der Waals surface area contributed by atoms with Gasteiger partial charge in [-0.25, -0.2) is 9.78 Å². The molecule has 2 fully saturated rings. The van der Waals surface area contributed by atoms with E-state index in [1.165, 1.54) is 4.70 Å². The molecule has 3 heterocycles. The maximum atomic E-state index is 12.7. The standard InChI is InChI=1S/C18H23N3O2S/c22-18(19-12-13-6-5-11-23-13)21-10-4-3-8-15(21)17-20-14-7-1-2-9-16(14)24-17/h1-2,7,9,13,15H,3-6,8,10-12H2,(H,19,22)/t13-,15-/m1/s1. The number of thiazole rings is 1. The molecule has 0 unspecified atom stereocenters. The van der Waals surface area contributed by atoms with E-state index >= 15 is 0 Å². The number of aromatic nitrogens is 1. The Morgan fingerprint density at radius 3 is 3.04 bits per heavy atom. The zero-order valence-corrected chi connectivity index (χ0v) is 14.6. The number of hydrogen-bond donors (Lipinski definition) is 1. The number of nitrogens with zero attached hydrogens (tertiary/aromatic N) is 2. The molecule has 2 saturated heterocycles. The highest BCUT2D eigenvalue weighted by Gasteiger charge is 2.30. The summed E-state index contributed by atoms with van der Waals surface area (Å²) >= 11 is 1.71. The number of rotatable bonds is 3. The Bertz CT molecular complexity index is 678. The summed E-state index contributed by atoms with van der Waals surface area (Å²) in [5.74, 6) is 0. The van der Waals surface area contributed by atoms with E-state index < -0.39 is 0 Å². The van der Waals surface area contributed by atoms with E-state index in [0.717, 1.165) is 55.8 Å². The first-order valence-electron chi connectivity index (χ1n) is 8.83. The Balaban J connectivity index is 1.48. The lowest BCUT2D eigenvalue weighted by atomic mass is 10.0. The second-order valence-corrected chi connectivity index (χ2v) is 7.61. The van der Waals surface area contributed by atoms with Crippen molar-refractivity contribution in [1.82, 2.24) is 15.2 Å². The molecule has 1 aromatic heterocycles. The third-order valence-electron chi connectivity index (χ3n) is 4.86. The lowest BCUT2D eigenvalue weighted by Gasteiger charge is -2.34.